The van der Waals surface area contributed by atoms with E-state index >= 15 is 0 Å². The van der Waals surface area contributed by atoms with E-state index < -0.39 is 0 Å². The zero-order valence-electron chi connectivity index (χ0n) is 13.4. The van der Waals surface area contributed by atoms with Gasteiger partial charge in [0.2, 0.25) is 0 Å². The molecule has 3 aromatic rings. The second-order valence-electron chi connectivity index (χ2n) is 5.65. The lowest BCUT2D eigenvalue weighted by molar-refractivity contribution is 0.0783. The number of hydrogen-bond acceptors (Lipinski definition) is 2. The summed E-state index contributed by atoms with van der Waals surface area (Å²) in [5.74, 6) is -0.345. The Hall–Kier alpha value is -2.63. The third-order valence-electron chi connectivity index (χ3n) is 4.03. The van der Waals surface area contributed by atoms with Crippen LogP contribution in [-0.2, 0) is 13.1 Å². The van der Waals surface area contributed by atoms with Crippen LogP contribution in [0.2, 0.25) is 0 Å². The molecule has 0 aliphatic heterocycles. The van der Waals surface area contributed by atoms with Crippen molar-refractivity contribution < 1.29 is 9.18 Å². The van der Waals surface area contributed by atoms with Crippen molar-refractivity contribution >= 4 is 16.8 Å². The van der Waals surface area contributed by atoms with Crippen molar-refractivity contribution in [3.8, 4) is 0 Å². The van der Waals surface area contributed by atoms with Gasteiger partial charge in [0, 0.05) is 35.9 Å². The van der Waals surface area contributed by atoms with E-state index in [2.05, 4.69) is 10.1 Å². The zero-order chi connectivity index (χ0) is 16.6. The number of aromatic nitrogens is 3. The number of carbonyl (C=O) groups is 1. The van der Waals surface area contributed by atoms with Gasteiger partial charge in [0.1, 0.15) is 5.82 Å². The molecule has 0 spiro atoms. The summed E-state index contributed by atoms with van der Waals surface area (Å²) < 4.78 is 15.0. The number of H-pyrrole nitrogens is 1. The van der Waals surface area contributed by atoms with Crippen LogP contribution in [0, 0.1) is 12.7 Å². The molecule has 0 saturated heterocycles. The quantitative estimate of drug-likeness (QED) is 0.804. The molecule has 23 heavy (non-hydrogen) atoms. The van der Waals surface area contributed by atoms with E-state index in [9.17, 15) is 9.18 Å². The minimum absolute atomic E-state index is 0.0768. The first-order valence-corrected chi connectivity index (χ1v) is 7.54. The van der Waals surface area contributed by atoms with Gasteiger partial charge in [0.25, 0.3) is 5.91 Å². The highest BCUT2D eigenvalue weighted by Crippen LogP contribution is 2.18. The largest absolute Gasteiger partial charge is 0.357 e. The van der Waals surface area contributed by atoms with E-state index in [4.69, 9.17) is 0 Å². The van der Waals surface area contributed by atoms with Gasteiger partial charge < -0.3 is 9.88 Å². The second kappa shape index (κ2) is 5.87. The monoisotopic (exact) mass is 314 g/mol. The minimum atomic E-state index is -0.268. The maximum atomic E-state index is 13.3. The van der Waals surface area contributed by atoms with Crippen LogP contribution in [0.5, 0.6) is 0 Å². The molecule has 0 saturated carbocycles. The molecule has 1 aromatic carbocycles. The van der Waals surface area contributed by atoms with Crippen LogP contribution in [-0.4, -0.2) is 32.6 Å². The molecule has 0 bridgehead atoms. The van der Waals surface area contributed by atoms with Crippen LogP contribution in [0.3, 0.4) is 0 Å². The first kappa shape index (κ1) is 15.3. The van der Waals surface area contributed by atoms with Gasteiger partial charge in [0.05, 0.1) is 18.3 Å². The molecular weight excluding hydrogens is 295 g/mol. The van der Waals surface area contributed by atoms with E-state index in [1.165, 1.54) is 12.1 Å². The summed E-state index contributed by atoms with van der Waals surface area (Å²) in [5, 5.41) is 5.01. The lowest BCUT2D eigenvalue weighted by Crippen LogP contribution is -2.26. The van der Waals surface area contributed by atoms with Gasteiger partial charge in [-0.05, 0) is 38.1 Å². The number of carbonyl (C=O) groups excluding carboxylic acids is 1. The van der Waals surface area contributed by atoms with Crippen molar-refractivity contribution in [2.24, 2.45) is 0 Å². The molecule has 1 amide bonds. The van der Waals surface area contributed by atoms with Crippen LogP contribution in [0.1, 0.15) is 28.7 Å². The molecule has 1 N–H and O–H groups in total. The van der Waals surface area contributed by atoms with Crippen molar-refractivity contribution in [2.75, 3.05) is 7.05 Å². The fourth-order valence-corrected chi connectivity index (χ4v) is 2.76. The lowest BCUT2D eigenvalue weighted by Gasteiger charge is -2.16. The van der Waals surface area contributed by atoms with Gasteiger partial charge in [-0.3, -0.25) is 9.48 Å². The number of hydrogen-bond donors (Lipinski definition) is 1. The summed E-state index contributed by atoms with van der Waals surface area (Å²) in [6, 6.07) is 6.46. The molecule has 3 rings (SSSR count). The van der Waals surface area contributed by atoms with E-state index in [0.29, 0.717) is 12.1 Å². The number of rotatable bonds is 4. The summed E-state index contributed by atoms with van der Waals surface area (Å²) in [6.07, 6.45) is 1.61. The highest BCUT2D eigenvalue weighted by atomic mass is 19.1. The molecule has 0 radical (unpaired) electrons. The van der Waals surface area contributed by atoms with Gasteiger partial charge >= 0.3 is 0 Å². The fourth-order valence-electron chi connectivity index (χ4n) is 2.76. The molecule has 0 aliphatic carbocycles. The third kappa shape index (κ3) is 2.84. The SMILES string of the molecule is CCn1ncc(C(=O)N(C)Cc2cc3cc(F)ccc3[nH]2)c1C. The zero-order valence-corrected chi connectivity index (χ0v) is 13.4. The van der Waals surface area contributed by atoms with Crippen LogP contribution < -0.4 is 0 Å². The maximum absolute atomic E-state index is 13.3. The first-order valence-electron chi connectivity index (χ1n) is 7.54. The van der Waals surface area contributed by atoms with Gasteiger partial charge in [0.15, 0.2) is 0 Å². The van der Waals surface area contributed by atoms with E-state index in [1.54, 1.807) is 28.9 Å². The molecule has 0 unspecified atom stereocenters. The van der Waals surface area contributed by atoms with E-state index in [0.717, 1.165) is 28.8 Å². The van der Waals surface area contributed by atoms with Crippen molar-refractivity contribution in [3.05, 3.63) is 53.2 Å². The number of fused-ring (bicyclic) bond motifs is 1. The molecule has 6 heteroatoms. The number of aromatic amines is 1. The predicted octanol–water partition coefficient (Wildman–Crippen LogP) is 3.10. The van der Waals surface area contributed by atoms with E-state index in [1.807, 2.05) is 19.9 Å². The van der Waals surface area contributed by atoms with Crippen LogP contribution in [0.25, 0.3) is 10.9 Å². The molecule has 0 aliphatic rings. The Kier molecular flexibility index (Phi) is 3.90. The summed E-state index contributed by atoms with van der Waals surface area (Å²) in [4.78, 5) is 17.4. The number of halogens is 1. The van der Waals surface area contributed by atoms with Crippen LogP contribution in [0.4, 0.5) is 4.39 Å². The standard InChI is InChI=1S/C17H19FN4O/c1-4-22-11(2)15(9-19-22)17(23)21(3)10-14-8-12-7-13(18)5-6-16(12)20-14/h5-9,20H,4,10H2,1-3H3. The Bertz CT molecular complexity index is 865. The Morgan fingerprint density at radius 2 is 2.17 bits per heavy atom. The van der Waals surface area contributed by atoms with Crippen molar-refractivity contribution in [2.45, 2.75) is 26.9 Å². The molecular formula is C17H19FN4O. The van der Waals surface area contributed by atoms with Crippen molar-refractivity contribution in [1.29, 1.82) is 0 Å². The third-order valence-corrected chi connectivity index (χ3v) is 4.03. The minimum Gasteiger partial charge on any atom is -0.357 e. The number of amides is 1. The summed E-state index contributed by atoms with van der Waals surface area (Å²) in [6.45, 7) is 5.03. The molecule has 0 fully saturated rings. The summed E-state index contributed by atoms with van der Waals surface area (Å²) >= 11 is 0. The lowest BCUT2D eigenvalue weighted by atomic mass is 10.2. The molecule has 2 aromatic heterocycles. The van der Waals surface area contributed by atoms with Crippen molar-refractivity contribution in [1.82, 2.24) is 19.7 Å². The number of nitrogens with zero attached hydrogens (tertiary/aromatic N) is 3. The highest BCUT2D eigenvalue weighted by Gasteiger charge is 2.18. The van der Waals surface area contributed by atoms with Crippen LogP contribution >= 0.6 is 0 Å². The Morgan fingerprint density at radius 1 is 1.39 bits per heavy atom. The number of benzene rings is 1. The normalized spacial score (nSPS) is 11.1. The Morgan fingerprint density at radius 3 is 2.87 bits per heavy atom. The number of aryl methyl sites for hydroxylation is 1. The molecule has 2 heterocycles. The smallest absolute Gasteiger partial charge is 0.257 e. The van der Waals surface area contributed by atoms with E-state index in [-0.39, 0.29) is 11.7 Å². The second-order valence-corrected chi connectivity index (χ2v) is 5.65. The van der Waals surface area contributed by atoms with Gasteiger partial charge in [-0.25, -0.2) is 4.39 Å². The van der Waals surface area contributed by atoms with Gasteiger partial charge in [-0.1, -0.05) is 0 Å². The molecule has 120 valence electrons. The first-order chi connectivity index (χ1) is 11.0. The average molecular weight is 314 g/mol. The summed E-state index contributed by atoms with van der Waals surface area (Å²) in [5.41, 5.74) is 3.19. The Balaban J connectivity index is 1.80. The predicted molar refractivity (Wildman–Crippen MR) is 86.7 cm³/mol. The van der Waals surface area contributed by atoms with Gasteiger partial charge in [-0.2, -0.15) is 5.10 Å². The molecule has 5 nitrogen and oxygen atoms in total. The molecule has 0 atom stereocenters. The van der Waals surface area contributed by atoms with Crippen LogP contribution in [0.15, 0.2) is 30.5 Å². The van der Waals surface area contributed by atoms with Crippen molar-refractivity contribution in [3.63, 3.8) is 0 Å². The highest BCUT2D eigenvalue weighted by molar-refractivity contribution is 5.95. The maximum Gasteiger partial charge on any atom is 0.257 e. The topological polar surface area (TPSA) is 53.9 Å². The van der Waals surface area contributed by atoms with Gasteiger partial charge in [-0.15, -0.1) is 0 Å². The number of nitrogens with one attached hydrogen (secondary N) is 1. The average Bonchev–Trinajstić information content (AvgIpc) is 3.08. The summed E-state index contributed by atoms with van der Waals surface area (Å²) in [7, 11) is 1.75. The fraction of sp³-hybridized carbons (Fsp3) is 0.294. The Labute approximate surface area is 133 Å².